The largest absolute Gasteiger partial charge is 0.494 e. The summed E-state index contributed by atoms with van der Waals surface area (Å²) < 4.78 is 54.3. The second kappa shape index (κ2) is 10.3. The summed E-state index contributed by atoms with van der Waals surface area (Å²) in [4.78, 5) is 0. The molecule has 1 N–H and O–H groups in total. The summed E-state index contributed by atoms with van der Waals surface area (Å²) in [5.74, 6) is -1.23. The van der Waals surface area contributed by atoms with Crippen LogP contribution in [0.15, 0.2) is 54.6 Å². The minimum atomic E-state index is -0.837. The maximum Gasteiger partial charge on any atom is 0.168 e. The molecule has 6 heteroatoms. The first-order valence-corrected chi connectivity index (χ1v) is 11.1. The molecule has 1 saturated carbocycles. The SMILES string of the molecule is COc1ccc(OCC2CCC(c3ccc(-c4ccc(CO)cc4)c(F)c3F)CC2)cc1F. The van der Waals surface area contributed by atoms with Crippen molar-refractivity contribution >= 4 is 0 Å². The average Bonchev–Trinajstić information content (AvgIpc) is 2.85. The molecule has 0 heterocycles. The fraction of sp³-hybridized carbons (Fsp3) is 0.333. The zero-order valence-electron chi connectivity index (χ0n) is 18.5. The number of rotatable bonds is 7. The normalized spacial score (nSPS) is 18.2. The van der Waals surface area contributed by atoms with Crippen LogP contribution in [0.3, 0.4) is 0 Å². The Kier molecular flexibility index (Phi) is 7.23. The Bertz CT molecular complexity index is 1090. The predicted molar refractivity (Wildman–Crippen MR) is 121 cm³/mol. The zero-order valence-corrected chi connectivity index (χ0v) is 18.5. The first kappa shape index (κ1) is 23.2. The number of ether oxygens (including phenoxy) is 2. The maximum atomic E-state index is 15.0. The van der Waals surface area contributed by atoms with Crippen LogP contribution in [-0.4, -0.2) is 18.8 Å². The molecule has 0 radical (unpaired) electrons. The lowest BCUT2D eigenvalue weighted by atomic mass is 9.78. The molecule has 3 aromatic rings. The Hall–Kier alpha value is -2.99. The van der Waals surface area contributed by atoms with Crippen molar-refractivity contribution in [3.63, 3.8) is 0 Å². The first-order chi connectivity index (χ1) is 16.0. The number of methoxy groups -OCH3 is 1. The van der Waals surface area contributed by atoms with E-state index in [1.165, 1.54) is 19.2 Å². The van der Waals surface area contributed by atoms with E-state index in [0.717, 1.165) is 25.7 Å². The number of aliphatic hydroxyl groups excluding tert-OH is 1. The molecule has 0 bridgehead atoms. The van der Waals surface area contributed by atoms with Crippen molar-refractivity contribution in [1.29, 1.82) is 0 Å². The minimum Gasteiger partial charge on any atom is -0.494 e. The van der Waals surface area contributed by atoms with Crippen molar-refractivity contribution in [3.05, 3.63) is 83.2 Å². The molecule has 1 fully saturated rings. The molecule has 33 heavy (non-hydrogen) atoms. The highest BCUT2D eigenvalue weighted by atomic mass is 19.2. The second-order valence-corrected chi connectivity index (χ2v) is 8.51. The zero-order chi connectivity index (χ0) is 23.4. The van der Waals surface area contributed by atoms with E-state index < -0.39 is 17.5 Å². The van der Waals surface area contributed by atoms with E-state index in [0.29, 0.717) is 29.0 Å². The van der Waals surface area contributed by atoms with Crippen molar-refractivity contribution in [2.24, 2.45) is 5.92 Å². The summed E-state index contributed by atoms with van der Waals surface area (Å²) in [6.45, 7) is 0.360. The average molecular weight is 457 g/mol. The van der Waals surface area contributed by atoms with Gasteiger partial charge in [-0.3, -0.25) is 0 Å². The molecule has 3 nitrogen and oxygen atoms in total. The monoisotopic (exact) mass is 456 g/mol. The Balaban J connectivity index is 1.37. The Labute approximate surface area is 191 Å². The molecule has 0 spiro atoms. The molecule has 0 atom stereocenters. The van der Waals surface area contributed by atoms with E-state index in [-0.39, 0.29) is 29.8 Å². The topological polar surface area (TPSA) is 38.7 Å². The number of benzene rings is 3. The van der Waals surface area contributed by atoms with E-state index in [4.69, 9.17) is 14.6 Å². The van der Waals surface area contributed by atoms with E-state index in [9.17, 15) is 13.2 Å². The van der Waals surface area contributed by atoms with E-state index in [2.05, 4.69) is 0 Å². The van der Waals surface area contributed by atoms with Crippen LogP contribution in [-0.2, 0) is 6.61 Å². The lowest BCUT2D eigenvalue weighted by Gasteiger charge is -2.29. The smallest absolute Gasteiger partial charge is 0.168 e. The third kappa shape index (κ3) is 5.17. The molecular formula is C27H27F3O3. The van der Waals surface area contributed by atoms with Crippen LogP contribution in [0.4, 0.5) is 13.2 Å². The molecule has 1 aliphatic carbocycles. The van der Waals surface area contributed by atoms with Crippen molar-refractivity contribution < 1.29 is 27.8 Å². The molecule has 4 rings (SSSR count). The number of hydrogen-bond donors (Lipinski definition) is 1. The second-order valence-electron chi connectivity index (χ2n) is 8.51. The molecule has 0 unspecified atom stereocenters. The molecular weight excluding hydrogens is 429 g/mol. The first-order valence-electron chi connectivity index (χ1n) is 11.1. The molecule has 1 aliphatic rings. The van der Waals surface area contributed by atoms with Crippen LogP contribution in [0.5, 0.6) is 11.5 Å². The summed E-state index contributed by atoms with van der Waals surface area (Å²) in [7, 11) is 1.41. The van der Waals surface area contributed by atoms with Crippen LogP contribution in [0.2, 0.25) is 0 Å². The summed E-state index contributed by atoms with van der Waals surface area (Å²) in [6, 6.07) is 14.6. The van der Waals surface area contributed by atoms with Gasteiger partial charge in [-0.05, 0) is 66.3 Å². The summed E-state index contributed by atoms with van der Waals surface area (Å²) >= 11 is 0. The van der Waals surface area contributed by atoms with Gasteiger partial charge in [0.1, 0.15) is 5.75 Å². The Morgan fingerprint density at radius 1 is 0.879 bits per heavy atom. The third-order valence-electron chi connectivity index (χ3n) is 6.46. The van der Waals surface area contributed by atoms with Gasteiger partial charge in [0.15, 0.2) is 23.2 Å². The van der Waals surface area contributed by atoms with Crippen molar-refractivity contribution in [3.8, 4) is 22.6 Å². The minimum absolute atomic E-state index is 0.0417. The van der Waals surface area contributed by atoms with Gasteiger partial charge in [0.05, 0.1) is 20.3 Å². The van der Waals surface area contributed by atoms with Gasteiger partial charge < -0.3 is 14.6 Å². The van der Waals surface area contributed by atoms with Crippen LogP contribution < -0.4 is 9.47 Å². The predicted octanol–water partition coefficient (Wildman–Crippen LogP) is 6.62. The fourth-order valence-corrected chi connectivity index (χ4v) is 4.48. The Morgan fingerprint density at radius 3 is 2.24 bits per heavy atom. The highest BCUT2D eigenvalue weighted by Crippen LogP contribution is 2.39. The summed E-state index contributed by atoms with van der Waals surface area (Å²) in [5.41, 5.74) is 1.93. The van der Waals surface area contributed by atoms with Crippen LogP contribution in [0, 0.1) is 23.4 Å². The highest BCUT2D eigenvalue weighted by molar-refractivity contribution is 5.65. The van der Waals surface area contributed by atoms with Gasteiger partial charge in [0, 0.05) is 11.6 Å². The molecule has 0 saturated heterocycles. The van der Waals surface area contributed by atoms with Gasteiger partial charge in [0.25, 0.3) is 0 Å². The van der Waals surface area contributed by atoms with Gasteiger partial charge in [0.2, 0.25) is 0 Å². The van der Waals surface area contributed by atoms with Crippen LogP contribution in [0.25, 0.3) is 11.1 Å². The maximum absolute atomic E-state index is 15.0. The van der Waals surface area contributed by atoms with Crippen LogP contribution >= 0.6 is 0 Å². The van der Waals surface area contributed by atoms with E-state index in [1.54, 1.807) is 42.5 Å². The summed E-state index contributed by atoms with van der Waals surface area (Å²) in [6.07, 6.45) is 3.14. The lowest BCUT2D eigenvalue weighted by molar-refractivity contribution is 0.198. The highest BCUT2D eigenvalue weighted by Gasteiger charge is 2.27. The van der Waals surface area contributed by atoms with Crippen molar-refractivity contribution in [2.45, 2.75) is 38.2 Å². The molecule has 174 valence electrons. The van der Waals surface area contributed by atoms with Gasteiger partial charge in [-0.15, -0.1) is 0 Å². The molecule has 0 aromatic heterocycles. The van der Waals surface area contributed by atoms with Gasteiger partial charge in [-0.2, -0.15) is 0 Å². The van der Waals surface area contributed by atoms with Gasteiger partial charge >= 0.3 is 0 Å². The standard InChI is InChI=1S/C27H27F3O3/c1-32-25-13-10-21(14-24(25)28)33-16-18-4-8-20(9-5-18)23-12-11-22(26(29)27(23)30)19-6-2-17(15-31)3-7-19/h2-3,6-7,10-14,18,20,31H,4-5,8-9,15-16H2,1H3. The molecule has 0 amide bonds. The van der Waals surface area contributed by atoms with Crippen LogP contribution in [0.1, 0.15) is 42.7 Å². The molecule has 0 aliphatic heterocycles. The van der Waals surface area contributed by atoms with Crippen molar-refractivity contribution in [2.75, 3.05) is 13.7 Å². The van der Waals surface area contributed by atoms with E-state index in [1.807, 2.05) is 0 Å². The van der Waals surface area contributed by atoms with Gasteiger partial charge in [-0.1, -0.05) is 36.4 Å². The lowest BCUT2D eigenvalue weighted by Crippen LogP contribution is -2.20. The van der Waals surface area contributed by atoms with Crippen molar-refractivity contribution in [1.82, 2.24) is 0 Å². The fourth-order valence-electron chi connectivity index (χ4n) is 4.48. The number of aliphatic hydroxyl groups is 1. The van der Waals surface area contributed by atoms with Gasteiger partial charge in [-0.25, -0.2) is 13.2 Å². The van der Waals surface area contributed by atoms with E-state index >= 15 is 0 Å². The summed E-state index contributed by atoms with van der Waals surface area (Å²) in [5, 5.41) is 9.16. The molecule has 3 aromatic carbocycles. The third-order valence-corrected chi connectivity index (χ3v) is 6.46. The number of halogens is 3. The number of hydrogen-bond acceptors (Lipinski definition) is 3. The Morgan fingerprint density at radius 2 is 1.61 bits per heavy atom. The quantitative estimate of drug-likeness (QED) is 0.434.